The smallest absolute Gasteiger partial charge is 0.230 e. The number of hydrogen-bond donors (Lipinski definition) is 2. The number of anilines is 1. The molecule has 0 saturated heterocycles. The second-order valence-electron chi connectivity index (χ2n) is 3.74. The molecule has 2 rings (SSSR count). The van der Waals surface area contributed by atoms with Crippen molar-refractivity contribution < 1.29 is 9.53 Å². The van der Waals surface area contributed by atoms with Crippen molar-refractivity contribution in [2.75, 3.05) is 11.9 Å². The zero-order chi connectivity index (χ0) is 12.8. The molecule has 5 heteroatoms. The molecule has 0 aliphatic carbocycles. The third kappa shape index (κ3) is 3.10. The number of nitrogens with one attached hydrogen (secondary N) is 2. The van der Waals surface area contributed by atoms with E-state index in [1.165, 1.54) is 0 Å². The molecule has 0 fully saturated rings. The minimum atomic E-state index is -0.105. The Labute approximate surface area is 105 Å². The number of carbonyl (C=O) groups excluding carboxylic acids is 1. The first kappa shape index (κ1) is 12.2. The van der Waals surface area contributed by atoms with Crippen molar-refractivity contribution >= 4 is 11.6 Å². The fourth-order valence-corrected chi connectivity index (χ4v) is 1.60. The second-order valence-corrected chi connectivity index (χ2v) is 3.74. The molecule has 2 N–H and O–H groups in total. The summed E-state index contributed by atoms with van der Waals surface area (Å²) in [6, 6.07) is 9.14. The Morgan fingerprint density at radius 1 is 1.39 bits per heavy atom. The first-order valence-electron chi connectivity index (χ1n) is 5.79. The number of ether oxygens (including phenoxy) is 1. The van der Waals surface area contributed by atoms with Gasteiger partial charge in [-0.3, -0.25) is 9.89 Å². The van der Waals surface area contributed by atoms with Crippen molar-refractivity contribution in [3.8, 4) is 5.75 Å². The molecule has 0 aliphatic rings. The average Bonchev–Trinajstić information content (AvgIpc) is 2.84. The summed E-state index contributed by atoms with van der Waals surface area (Å²) < 4.78 is 5.44. The van der Waals surface area contributed by atoms with Crippen molar-refractivity contribution in [3.05, 3.63) is 42.2 Å². The summed E-state index contributed by atoms with van der Waals surface area (Å²) in [7, 11) is 0. The summed E-state index contributed by atoms with van der Waals surface area (Å²) in [5, 5.41) is 9.37. The summed E-state index contributed by atoms with van der Waals surface area (Å²) >= 11 is 0. The first-order valence-corrected chi connectivity index (χ1v) is 5.79. The molecule has 0 aliphatic heterocycles. The van der Waals surface area contributed by atoms with Gasteiger partial charge in [0.15, 0.2) is 0 Å². The van der Waals surface area contributed by atoms with Crippen LogP contribution in [0.5, 0.6) is 5.75 Å². The minimum Gasteiger partial charge on any atom is -0.492 e. The van der Waals surface area contributed by atoms with Crippen LogP contribution in [0.3, 0.4) is 0 Å². The molecular formula is C13H15N3O2. The van der Waals surface area contributed by atoms with E-state index in [9.17, 15) is 4.79 Å². The number of carbonyl (C=O) groups is 1. The van der Waals surface area contributed by atoms with Gasteiger partial charge in [0, 0.05) is 11.9 Å². The molecule has 0 radical (unpaired) electrons. The number of amides is 1. The molecule has 1 heterocycles. The lowest BCUT2D eigenvalue weighted by Crippen LogP contribution is -2.15. The Bertz CT molecular complexity index is 509. The highest BCUT2D eigenvalue weighted by Crippen LogP contribution is 2.23. The number of benzene rings is 1. The van der Waals surface area contributed by atoms with Gasteiger partial charge in [0.05, 0.1) is 18.7 Å². The molecule has 0 atom stereocenters. The maximum atomic E-state index is 11.8. The maximum absolute atomic E-state index is 11.8. The van der Waals surface area contributed by atoms with Gasteiger partial charge in [-0.2, -0.15) is 5.10 Å². The van der Waals surface area contributed by atoms with Crippen LogP contribution >= 0.6 is 0 Å². The summed E-state index contributed by atoms with van der Waals surface area (Å²) in [4.78, 5) is 11.8. The van der Waals surface area contributed by atoms with E-state index in [-0.39, 0.29) is 12.3 Å². The van der Waals surface area contributed by atoms with E-state index < -0.39 is 0 Å². The summed E-state index contributed by atoms with van der Waals surface area (Å²) in [6.07, 6.45) is 1.89. The van der Waals surface area contributed by atoms with Gasteiger partial charge >= 0.3 is 0 Å². The normalized spacial score (nSPS) is 10.1. The molecule has 0 unspecified atom stereocenters. The number of aromatic amines is 1. The molecule has 1 aromatic heterocycles. The number of aromatic nitrogens is 2. The van der Waals surface area contributed by atoms with Gasteiger partial charge in [-0.25, -0.2) is 0 Å². The van der Waals surface area contributed by atoms with E-state index in [1.54, 1.807) is 12.3 Å². The van der Waals surface area contributed by atoms with Crippen molar-refractivity contribution in [1.82, 2.24) is 10.2 Å². The molecule has 5 nitrogen and oxygen atoms in total. The Morgan fingerprint density at radius 3 is 2.94 bits per heavy atom. The predicted octanol–water partition coefficient (Wildman–Crippen LogP) is 1.99. The zero-order valence-corrected chi connectivity index (χ0v) is 10.1. The van der Waals surface area contributed by atoms with E-state index in [2.05, 4.69) is 15.5 Å². The van der Waals surface area contributed by atoms with Crippen molar-refractivity contribution in [2.45, 2.75) is 13.3 Å². The summed E-state index contributed by atoms with van der Waals surface area (Å²) in [5.41, 5.74) is 1.46. The van der Waals surface area contributed by atoms with Gasteiger partial charge in [0.1, 0.15) is 5.75 Å². The molecular weight excluding hydrogens is 230 g/mol. The van der Waals surface area contributed by atoms with Crippen LogP contribution in [-0.4, -0.2) is 22.7 Å². The standard InChI is InChI=1S/C13H15N3O2/c1-2-18-12-6-4-3-5-11(12)15-13(17)9-10-7-8-14-16-10/h3-8H,2,9H2,1H3,(H,14,16)(H,15,17). The molecule has 94 valence electrons. The topological polar surface area (TPSA) is 67.0 Å². The van der Waals surface area contributed by atoms with Crippen molar-refractivity contribution in [2.24, 2.45) is 0 Å². The number of nitrogens with zero attached hydrogens (tertiary/aromatic N) is 1. The van der Waals surface area contributed by atoms with Crippen molar-refractivity contribution in [1.29, 1.82) is 0 Å². The average molecular weight is 245 g/mol. The summed E-state index contributed by atoms with van der Waals surface area (Å²) in [5.74, 6) is 0.573. The van der Waals surface area contributed by atoms with Crippen LogP contribution in [-0.2, 0) is 11.2 Å². The van der Waals surface area contributed by atoms with Crippen molar-refractivity contribution in [3.63, 3.8) is 0 Å². The Kier molecular flexibility index (Phi) is 3.96. The lowest BCUT2D eigenvalue weighted by Gasteiger charge is -2.10. The molecule has 0 bridgehead atoms. The number of rotatable bonds is 5. The molecule has 18 heavy (non-hydrogen) atoms. The van der Waals surface area contributed by atoms with Crippen LogP contribution in [0.4, 0.5) is 5.69 Å². The van der Waals surface area contributed by atoms with E-state index >= 15 is 0 Å². The molecule has 1 amide bonds. The Morgan fingerprint density at radius 2 is 2.22 bits per heavy atom. The van der Waals surface area contributed by atoms with Crippen LogP contribution in [0.1, 0.15) is 12.6 Å². The van der Waals surface area contributed by atoms with E-state index in [4.69, 9.17) is 4.74 Å². The van der Waals surface area contributed by atoms with Crippen LogP contribution in [0.25, 0.3) is 0 Å². The van der Waals surface area contributed by atoms with Gasteiger partial charge in [-0.05, 0) is 25.1 Å². The third-order valence-corrected chi connectivity index (χ3v) is 2.37. The Hall–Kier alpha value is -2.30. The SMILES string of the molecule is CCOc1ccccc1NC(=O)Cc1ccn[nH]1. The highest BCUT2D eigenvalue weighted by Gasteiger charge is 2.08. The van der Waals surface area contributed by atoms with Gasteiger partial charge in [0.25, 0.3) is 0 Å². The Balaban J connectivity index is 2.02. The van der Waals surface area contributed by atoms with Crippen LogP contribution in [0.2, 0.25) is 0 Å². The van der Waals surface area contributed by atoms with E-state index in [0.717, 1.165) is 5.69 Å². The lowest BCUT2D eigenvalue weighted by molar-refractivity contribution is -0.115. The van der Waals surface area contributed by atoms with Gasteiger partial charge < -0.3 is 10.1 Å². The highest BCUT2D eigenvalue weighted by atomic mass is 16.5. The number of para-hydroxylation sites is 2. The first-order chi connectivity index (χ1) is 8.79. The molecule has 2 aromatic rings. The van der Waals surface area contributed by atoms with Gasteiger partial charge in [-0.1, -0.05) is 12.1 Å². The number of H-pyrrole nitrogens is 1. The minimum absolute atomic E-state index is 0.105. The summed E-state index contributed by atoms with van der Waals surface area (Å²) in [6.45, 7) is 2.47. The monoisotopic (exact) mass is 245 g/mol. The van der Waals surface area contributed by atoms with E-state index in [1.807, 2.05) is 31.2 Å². The largest absolute Gasteiger partial charge is 0.492 e. The fraction of sp³-hybridized carbons (Fsp3) is 0.231. The van der Waals surface area contributed by atoms with Crippen LogP contribution in [0, 0.1) is 0 Å². The predicted molar refractivity (Wildman–Crippen MR) is 68.5 cm³/mol. The van der Waals surface area contributed by atoms with Gasteiger partial charge in [0.2, 0.25) is 5.91 Å². The maximum Gasteiger partial charge on any atom is 0.230 e. The quantitative estimate of drug-likeness (QED) is 0.846. The second kappa shape index (κ2) is 5.86. The zero-order valence-electron chi connectivity index (χ0n) is 10.1. The molecule has 0 spiro atoms. The fourth-order valence-electron chi connectivity index (χ4n) is 1.60. The van der Waals surface area contributed by atoms with Crippen LogP contribution < -0.4 is 10.1 Å². The molecule has 0 saturated carbocycles. The third-order valence-electron chi connectivity index (χ3n) is 2.37. The molecule has 1 aromatic carbocycles. The lowest BCUT2D eigenvalue weighted by atomic mass is 10.2. The highest BCUT2D eigenvalue weighted by molar-refractivity contribution is 5.93. The van der Waals surface area contributed by atoms with Gasteiger partial charge in [-0.15, -0.1) is 0 Å². The van der Waals surface area contributed by atoms with Crippen LogP contribution in [0.15, 0.2) is 36.5 Å². The number of hydrogen-bond acceptors (Lipinski definition) is 3. The van der Waals surface area contributed by atoms with E-state index in [0.29, 0.717) is 18.0 Å².